The van der Waals surface area contributed by atoms with Gasteiger partial charge in [-0.2, -0.15) is 0 Å². The van der Waals surface area contributed by atoms with Crippen molar-refractivity contribution in [1.82, 2.24) is 4.57 Å². The lowest BCUT2D eigenvalue weighted by molar-refractivity contribution is -0.145. The van der Waals surface area contributed by atoms with Gasteiger partial charge in [0.2, 0.25) is 0 Å². The second-order valence-electron chi connectivity index (χ2n) is 5.53. The zero-order valence-corrected chi connectivity index (χ0v) is 12.3. The third-order valence-electron chi connectivity index (χ3n) is 3.62. The molecule has 2 aromatic rings. The molecule has 3 heteroatoms. The van der Waals surface area contributed by atoms with Crippen LogP contribution in [-0.4, -0.2) is 15.6 Å². The van der Waals surface area contributed by atoms with Crippen molar-refractivity contribution in [2.24, 2.45) is 0 Å². The third-order valence-corrected chi connectivity index (χ3v) is 3.62. The SMILES string of the molecule is CCCc1ccc(-c2ccccc2)n1C(C)(C)C(=O)O. The van der Waals surface area contributed by atoms with E-state index < -0.39 is 11.5 Å². The summed E-state index contributed by atoms with van der Waals surface area (Å²) in [6.45, 7) is 5.61. The smallest absolute Gasteiger partial charge is 0.329 e. The molecule has 0 saturated heterocycles. The normalized spacial score (nSPS) is 11.6. The monoisotopic (exact) mass is 271 g/mol. The first-order valence-electron chi connectivity index (χ1n) is 6.98. The molecule has 0 radical (unpaired) electrons. The molecule has 1 aromatic heterocycles. The first kappa shape index (κ1) is 14.4. The van der Waals surface area contributed by atoms with Crippen molar-refractivity contribution in [2.45, 2.75) is 39.2 Å². The Hall–Kier alpha value is -2.03. The first-order valence-corrected chi connectivity index (χ1v) is 6.98. The van der Waals surface area contributed by atoms with E-state index in [1.807, 2.05) is 47.0 Å². The van der Waals surface area contributed by atoms with E-state index in [2.05, 4.69) is 6.92 Å². The molecule has 2 rings (SSSR count). The van der Waals surface area contributed by atoms with Crippen molar-refractivity contribution < 1.29 is 9.90 Å². The Labute approximate surface area is 119 Å². The quantitative estimate of drug-likeness (QED) is 0.895. The molecule has 0 bridgehead atoms. The highest BCUT2D eigenvalue weighted by atomic mass is 16.4. The van der Waals surface area contributed by atoms with Crippen LogP contribution in [0.5, 0.6) is 0 Å². The molecule has 3 nitrogen and oxygen atoms in total. The molecular formula is C17H21NO2. The molecule has 20 heavy (non-hydrogen) atoms. The van der Waals surface area contributed by atoms with Crippen LogP contribution >= 0.6 is 0 Å². The maximum atomic E-state index is 11.6. The Kier molecular flexibility index (Phi) is 3.98. The molecule has 0 saturated carbocycles. The van der Waals surface area contributed by atoms with Gasteiger partial charge < -0.3 is 9.67 Å². The van der Waals surface area contributed by atoms with Crippen molar-refractivity contribution in [1.29, 1.82) is 0 Å². The van der Waals surface area contributed by atoms with Gasteiger partial charge in [-0.1, -0.05) is 43.7 Å². The molecule has 1 N–H and O–H groups in total. The molecule has 1 heterocycles. The van der Waals surface area contributed by atoms with Gasteiger partial charge in [-0.05, 0) is 38.0 Å². The molecule has 0 unspecified atom stereocenters. The molecule has 0 aliphatic rings. The molecule has 106 valence electrons. The van der Waals surface area contributed by atoms with E-state index in [0.29, 0.717) is 0 Å². The van der Waals surface area contributed by atoms with Crippen LogP contribution in [0, 0.1) is 0 Å². The van der Waals surface area contributed by atoms with Crippen molar-refractivity contribution in [3.63, 3.8) is 0 Å². The highest BCUT2D eigenvalue weighted by Gasteiger charge is 2.32. The minimum Gasteiger partial charge on any atom is -0.480 e. The lowest BCUT2D eigenvalue weighted by Gasteiger charge is -2.27. The Morgan fingerprint density at radius 3 is 2.35 bits per heavy atom. The highest BCUT2D eigenvalue weighted by Crippen LogP contribution is 2.30. The lowest BCUT2D eigenvalue weighted by Crippen LogP contribution is -2.37. The number of aromatic nitrogens is 1. The van der Waals surface area contributed by atoms with E-state index in [0.717, 1.165) is 29.8 Å². The Bertz CT molecular complexity index is 597. The van der Waals surface area contributed by atoms with Gasteiger partial charge in [0.05, 0.1) is 0 Å². The van der Waals surface area contributed by atoms with Gasteiger partial charge in [-0.3, -0.25) is 0 Å². The molecular weight excluding hydrogens is 250 g/mol. The fourth-order valence-corrected chi connectivity index (χ4v) is 2.52. The summed E-state index contributed by atoms with van der Waals surface area (Å²) in [6.07, 6.45) is 1.87. The van der Waals surface area contributed by atoms with Gasteiger partial charge in [-0.25, -0.2) is 4.79 Å². The van der Waals surface area contributed by atoms with E-state index in [4.69, 9.17) is 0 Å². The zero-order chi connectivity index (χ0) is 14.8. The third kappa shape index (κ3) is 2.48. The topological polar surface area (TPSA) is 42.2 Å². The van der Waals surface area contributed by atoms with Gasteiger partial charge in [0.15, 0.2) is 0 Å². The van der Waals surface area contributed by atoms with Crippen LogP contribution in [-0.2, 0) is 16.8 Å². The van der Waals surface area contributed by atoms with E-state index in [1.54, 1.807) is 13.8 Å². The van der Waals surface area contributed by atoms with Crippen LogP contribution in [0.4, 0.5) is 0 Å². The number of carboxylic acid groups (broad SMARTS) is 1. The maximum Gasteiger partial charge on any atom is 0.329 e. The van der Waals surface area contributed by atoms with Gasteiger partial charge in [-0.15, -0.1) is 0 Å². The summed E-state index contributed by atoms with van der Waals surface area (Å²) in [5, 5.41) is 9.56. The molecule has 0 fully saturated rings. The second-order valence-corrected chi connectivity index (χ2v) is 5.53. The first-order chi connectivity index (χ1) is 9.48. The number of carboxylic acids is 1. The minimum atomic E-state index is -0.959. The standard InChI is InChI=1S/C17H21NO2/c1-4-8-14-11-12-15(13-9-6-5-7-10-13)18(14)17(2,3)16(19)20/h5-7,9-12H,4,8H2,1-3H3,(H,19,20). The number of hydrogen-bond acceptors (Lipinski definition) is 1. The number of aliphatic carboxylic acids is 1. The average Bonchev–Trinajstić information content (AvgIpc) is 2.84. The van der Waals surface area contributed by atoms with E-state index in [1.165, 1.54) is 0 Å². The van der Waals surface area contributed by atoms with Crippen molar-refractivity contribution in [3.05, 3.63) is 48.2 Å². The van der Waals surface area contributed by atoms with Gasteiger partial charge in [0, 0.05) is 11.4 Å². The van der Waals surface area contributed by atoms with Crippen molar-refractivity contribution >= 4 is 5.97 Å². The Morgan fingerprint density at radius 2 is 1.80 bits per heavy atom. The number of rotatable bonds is 5. The summed E-state index contributed by atoms with van der Waals surface area (Å²) in [7, 11) is 0. The van der Waals surface area contributed by atoms with E-state index >= 15 is 0 Å². The number of benzene rings is 1. The van der Waals surface area contributed by atoms with Crippen molar-refractivity contribution in [2.75, 3.05) is 0 Å². The minimum absolute atomic E-state index is 0.816. The van der Waals surface area contributed by atoms with E-state index in [-0.39, 0.29) is 0 Å². The van der Waals surface area contributed by atoms with Gasteiger partial charge in [0.1, 0.15) is 5.54 Å². The van der Waals surface area contributed by atoms with Crippen LogP contribution in [0.15, 0.2) is 42.5 Å². The number of carbonyl (C=O) groups is 1. The lowest BCUT2D eigenvalue weighted by atomic mass is 10.0. The summed E-state index contributed by atoms with van der Waals surface area (Å²) < 4.78 is 1.95. The van der Waals surface area contributed by atoms with Crippen LogP contribution in [0.1, 0.15) is 32.9 Å². The van der Waals surface area contributed by atoms with Crippen molar-refractivity contribution in [3.8, 4) is 11.3 Å². The summed E-state index contributed by atoms with van der Waals surface area (Å²) in [5.74, 6) is -0.816. The molecule has 1 aromatic carbocycles. The number of aryl methyl sites for hydroxylation is 1. The largest absolute Gasteiger partial charge is 0.480 e. The molecule has 0 aliphatic heterocycles. The Balaban J connectivity index is 2.62. The highest BCUT2D eigenvalue weighted by molar-refractivity contribution is 5.78. The average molecular weight is 271 g/mol. The number of nitrogens with zero attached hydrogens (tertiary/aromatic N) is 1. The molecule has 0 atom stereocenters. The molecule has 0 aliphatic carbocycles. The predicted octanol–water partition coefficient (Wildman–Crippen LogP) is 3.93. The van der Waals surface area contributed by atoms with Gasteiger partial charge in [0.25, 0.3) is 0 Å². The Morgan fingerprint density at radius 1 is 1.15 bits per heavy atom. The number of hydrogen-bond donors (Lipinski definition) is 1. The predicted molar refractivity (Wildman–Crippen MR) is 80.8 cm³/mol. The fraction of sp³-hybridized carbons (Fsp3) is 0.353. The summed E-state index contributed by atoms with van der Waals surface area (Å²) in [5.41, 5.74) is 2.11. The summed E-state index contributed by atoms with van der Waals surface area (Å²) in [4.78, 5) is 11.6. The zero-order valence-electron chi connectivity index (χ0n) is 12.3. The van der Waals surface area contributed by atoms with Crippen LogP contribution < -0.4 is 0 Å². The van der Waals surface area contributed by atoms with Crippen LogP contribution in [0.3, 0.4) is 0 Å². The second kappa shape index (κ2) is 5.53. The van der Waals surface area contributed by atoms with Gasteiger partial charge >= 0.3 is 5.97 Å². The molecule has 0 amide bonds. The summed E-state index contributed by atoms with van der Waals surface area (Å²) in [6, 6.07) is 14.0. The van der Waals surface area contributed by atoms with Crippen LogP contribution in [0.2, 0.25) is 0 Å². The molecule has 0 spiro atoms. The van der Waals surface area contributed by atoms with E-state index in [9.17, 15) is 9.90 Å². The van der Waals surface area contributed by atoms with Crippen LogP contribution in [0.25, 0.3) is 11.3 Å². The fourth-order valence-electron chi connectivity index (χ4n) is 2.52. The summed E-state index contributed by atoms with van der Waals surface area (Å²) >= 11 is 0. The maximum absolute atomic E-state index is 11.6.